The molecule has 2 aliphatic rings. The minimum Gasteiger partial charge on any atom is -0.455 e. The van der Waals surface area contributed by atoms with Crippen LogP contribution < -0.4 is 5.32 Å². The summed E-state index contributed by atoms with van der Waals surface area (Å²) in [5.74, 6) is -0.865. The van der Waals surface area contributed by atoms with Crippen molar-refractivity contribution in [2.24, 2.45) is 5.92 Å². The number of morpholine rings is 1. The first-order valence-corrected chi connectivity index (χ1v) is 13.7. The van der Waals surface area contributed by atoms with Gasteiger partial charge in [0.1, 0.15) is 12.1 Å². The molecule has 0 bridgehead atoms. The highest BCUT2D eigenvalue weighted by molar-refractivity contribution is 5.96. The van der Waals surface area contributed by atoms with E-state index < -0.39 is 18.1 Å². The molecule has 2 saturated heterocycles. The van der Waals surface area contributed by atoms with Crippen molar-refractivity contribution in [1.82, 2.24) is 20.0 Å². The molecular weight excluding hydrogens is 500 g/mol. The van der Waals surface area contributed by atoms with Gasteiger partial charge in [0, 0.05) is 38.8 Å². The molecule has 1 aromatic carbocycles. The van der Waals surface area contributed by atoms with Crippen molar-refractivity contribution in [2.45, 2.75) is 51.8 Å². The number of likely N-dealkylation sites (N-methyl/N-ethyl adjacent to an activating group) is 1. The second-order valence-electron chi connectivity index (χ2n) is 10.5. The van der Waals surface area contributed by atoms with Gasteiger partial charge in [-0.25, -0.2) is 4.79 Å². The highest BCUT2D eigenvalue weighted by Crippen LogP contribution is 2.26. The van der Waals surface area contributed by atoms with Gasteiger partial charge in [0.2, 0.25) is 18.2 Å². The van der Waals surface area contributed by atoms with Crippen LogP contribution in [0.15, 0.2) is 42.0 Å². The zero-order chi connectivity index (χ0) is 28.4. The zero-order valence-corrected chi connectivity index (χ0v) is 23.5. The van der Waals surface area contributed by atoms with Crippen LogP contribution in [0.25, 0.3) is 0 Å². The largest absolute Gasteiger partial charge is 0.455 e. The van der Waals surface area contributed by atoms with Crippen LogP contribution >= 0.6 is 0 Å². The number of nitrogens with one attached hydrogen (secondary N) is 1. The molecule has 2 fully saturated rings. The molecular formula is C29H42N4O6. The Labute approximate surface area is 231 Å². The molecule has 10 heteroatoms. The van der Waals surface area contributed by atoms with Crippen LogP contribution in [0.4, 0.5) is 0 Å². The number of likely N-dealkylation sites (tertiary alicyclic amines) is 1. The highest BCUT2D eigenvalue weighted by Gasteiger charge is 2.37. The van der Waals surface area contributed by atoms with Crippen LogP contribution in [0.1, 0.15) is 45.3 Å². The van der Waals surface area contributed by atoms with Gasteiger partial charge in [-0.1, -0.05) is 50.3 Å². The van der Waals surface area contributed by atoms with Gasteiger partial charge in [-0.05, 0) is 31.2 Å². The average molecular weight is 543 g/mol. The van der Waals surface area contributed by atoms with Crippen molar-refractivity contribution in [3.8, 4) is 0 Å². The molecule has 0 spiro atoms. The number of hydrogen-bond donors (Lipinski definition) is 1. The molecule has 0 saturated carbocycles. The number of esters is 1. The summed E-state index contributed by atoms with van der Waals surface area (Å²) >= 11 is 0. The summed E-state index contributed by atoms with van der Waals surface area (Å²) in [5.41, 5.74) is 1.38. The second-order valence-corrected chi connectivity index (χ2v) is 10.5. The Hall–Kier alpha value is -3.24. The van der Waals surface area contributed by atoms with Gasteiger partial charge in [0.15, 0.2) is 0 Å². The van der Waals surface area contributed by atoms with Crippen LogP contribution in [0.3, 0.4) is 0 Å². The molecule has 0 radical (unpaired) electrons. The monoisotopic (exact) mass is 542 g/mol. The number of nitrogens with zero attached hydrogens (tertiary/aromatic N) is 3. The molecule has 3 atom stereocenters. The van der Waals surface area contributed by atoms with Crippen molar-refractivity contribution in [2.75, 3.05) is 53.0 Å². The lowest BCUT2D eigenvalue weighted by atomic mass is 9.99. The fraction of sp³-hybridized carbons (Fsp3) is 0.586. The molecule has 2 aliphatic heterocycles. The van der Waals surface area contributed by atoms with E-state index in [-0.39, 0.29) is 30.3 Å². The van der Waals surface area contributed by atoms with Gasteiger partial charge in [-0.3, -0.25) is 19.3 Å². The predicted molar refractivity (Wildman–Crippen MR) is 146 cm³/mol. The van der Waals surface area contributed by atoms with Crippen LogP contribution in [-0.4, -0.2) is 104 Å². The number of amides is 3. The fourth-order valence-corrected chi connectivity index (χ4v) is 5.10. The summed E-state index contributed by atoms with van der Waals surface area (Å²) < 4.78 is 11.5. The van der Waals surface area contributed by atoms with Gasteiger partial charge >= 0.3 is 5.97 Å². The number of hydrogen-bond acceptors (Lipinski definition) is 7. The quantitative estimate of drug-likeness (QED) is 0.244. The van der Waals surface area contributed by atoms with Crippen molar-refractivity contribution >= 4 is 24.2 Å². The Balaban J connectivity index is 1.72. The van der Waals surface area contributed by atoms with Crippen molar-refractivity contribution in [1.29, 1.82) is 0 Å². The van der Waals surface area contributed by atoms with E-state index in [0.717, 1.165) is 18.7 Å². The van der Waals surface area contributed by atoms with Crippen LogP contribution in [-0.2, 0) is 28.7 Å². The minimum absolute atomic E-state index is 0.0316. The van der Waals surface area contributed by atoms with Gasteiger partial charge in [0.25, 0.3) is 0 Å². The first-order chi connectivity index (χ1) is 18.7. The molecule has 1 aromatic rings. The number of benzene rings is 1. The normalized spacial score (nSPS) is 19.9. The molecule has 1 N–H and O–H groups in total. The lowest BCUT2D eigenvalue weighted by molar-refractivity contribution is -0.159. The van der Waals surface area contributed by atoms with Crippen molar-refractivity contribution < 1.29 is 28.7 Å². The third-order valence-electron chi connectivity index (χ3n) is 7.36. The van der Waals surface area contributed by atoms with Crippen molar-refractivity contribution in [3.05, 3.63) is 47.5 Å². The highest BCUT2D eigenvalue weighted by atomic mass is 16.5. The fourth-order valence-electron chi connectivity index (χ4n) is 5.10. The van der Waals surface area contributed by atoms with E-state index in [0.29, 0.717) is 51.1 Å². The number of carbonyl (C=O) groups excluding carboxylic acids is 4. The van der Waals surface area contributed by atoms with E-state index in [1.165, 1.54) is 4.90 Å². The predicted octanol–water partition coefficient (Wildman–Crippen LogP) is 1.77. The van der Waals surface area contributed by atoms with E-state index in [4.69, 9.17) is 9.47 Å². The molecule has 214 valence electrons. The summed E-state index contributed by atoms with van der Waals surface area (Å²) in [6.07, 6.45) is 3.06. The Kier molecular flexibility index (Phi) is 11.5. The van der Waals surface area contributed by atoms with Crippen LogP contribution in [0.2, 0.25) is 0 Å². The third-order valence-corrected chi connectivity index (χ3v) is 7.36. The second kappa shape index (κ2) is 14.8. The maximum Gasteiger partial charge on any atom is 0.329 e. The smallest absolute Gasteiger partial charge is 0.329 e. The van der Waals surface area contributed by atoms with Gasteiger partial charge < -0.3 is 24.6 Å². The Morgan fingerprint density at radius 3 is 2.49 bits per heavy atom. The summed E-state index contributed by atoms with van der Waals surface area (Å²) in [6, 6.07) is 8.68. The third kappa shape index (κ3) is 8.37. The molecule has 2 heterocycles. The molecule has 0 aromatic heterocycles. The Morgan fingerprint density at radius 1 is 1.15 bits per heavy atom. The lowest BCUT2D eigenvalue weighted by Gasteiger charge is -2.32. The maximum atomic E-state index is 13.5. The van der Waals surface area contributed by atoms with Crippen LogP contribution in [0, 0.1) is 5.92 Å². The Morgan fingerprint density at radius 2 is 1.85 bits per heavy atom. The molecule has 3 amide bonds. The summed E-state index contributed by atoms with van der Waals surface area (Å²) in [5, 5.41) is 2.39. The average Bonchev–Trinajstić information content (AvgIpc) is 3.44. The molecule has 10 nitrogen and oxygen atoms in total. The molecule has 0 aliphatic carbocycles. The summed E-state index contributed by atoms with van der Waals surface area (Å²) in [4.78, 5) is 55.4. The van der Waals surface area contributed by atoms with Gasteiger partial charge in [-0.15, -0.1) is 0 Å². The van der Waals surface area contributed by atoms with Gasteiger partial charge in [-0.2, -0.15) is 0 Å². The van der Waals surface area contributed by atoms with E-state index in [2.05, 4.69) is 10.2 Å². The minimum atomic E-state index is -0.662. The molecule has 39 heavy (non-hydrogen) atoms. The maximum absolute atomic E-state index is 13.5. The van der Waals surface area contributed by atoms with Gasteiger partial charge in [0.05, 0.1) is 25.8 Å². The lowest BCUT2D eigenvalue weighted by Crippen LogP contribution is -2.45. The first kappa shape index (κ1) is 30.3. The summed E-state index contributed by atoms with van der Waals surface area (Å²) in [6.45, 7) is 9.41. The number of ether oxygens (including phenoxy) is 2. The first-order valence-electron chi connectivity index (χ1n) is 13.7. The van der Waals surface area contributed by atoms with E-state index >= 15 is 0 Å². The van der Waals surface area contributed by atoms with Crippen LogP contribution in [0.5, 0.6) is 0 Å². The number of rotatable bonds is 12. The molecule has 3 rings (SSSR count). The Bertz CT molecular complexity index is 1010. The van der Waals surface area contributed by atoms with E-state index in [1.54, 1.807) is 24.9 Å². The SMILES string of the molecule is CC(=C[C@H](C(C)C)N(C)C(=O)CNC=O)C(=O)N1CCC[C@H]1C(=O)OC(CN1CCOCC1)c1ccccc1. The van der Waals surface area contributed by atoms with Crippen molar-refractivity contribution in [3.63, 3.8) is 0 Å². The summed E-state index contributed by atoms with van der Waals surface area (Å²) in [7, 11) is 1.65. The zero-order valence-electron chi connectivity index (χ0n) is 23.5. The molecule has 1 unspecified atom stereocenters. The van der Waals surface area contributed by atoms with E-state index in [9.17, 15) is 19.2 Å². The number of carbonyl (C=O) groups is 4. The standard InChI is InChI=1S/C29H42N4O6/c1-21(2)25(31(4)27(35)18-30-20-34)17-22(3)28(36)33-12-8-11-24(33)29(37)39-26(23-9-6-5-7-10-23)19-32-13-15-38-16-14-32/h5-7,9-10,17,20-21,24-26H,8,11-16,18-19H2,1-4H3,(H,30,34)/t24-,25+,26?/m0/s1. The topological polar surface area (TPSA) is 108 Å². The van der Waals surface area contributed by atoms with E-state index in [1.807, 2.05) is 44.2 Å².